The number of nitro groups is 1. The Hall–Kier alpha value is -1.63. The maximum absolute atomic E-state index is 11.0. The molecule has 1 aromatic heterocycles. The molecular weight excluding hydrogens is 248 g/mol. The van der Waals surface area contributed by atoms with Gasteiger partial charge in [-0.3, -0.25) is 4.57 Å². The van der Waals surface area contributed by atoms with Gasteiger partial charge >= 0.3 is 5.82 Å². The summed E-state index contributed by atoms with van der Waals surface area (Å²) in [6, 6.07) is 0.164. The van der Waals surface area contributed by atoms with Crippen molar-refractivity contribution in [2.24, 2.45) is 13.0 Å². The number of aryl methyl sites for hydroxylation is 1. The maximum Gasteiger partial charge on any atom is 0.406 e. The second kappa shape index (κ2) is 5.56. The van der Waals surface area contributed by atoms with E-state index in [9.17, 15) is 10.1 Å². The van der Waals surface area contributed by atoms with Gasteiger partial charge in [-0.2, -0.15) is 0 Å². The summed E-state index contributed by atoms with van der Waals surface area (Å²) in [6.07, 6.45) is 1.97. The zero-order valence-electron chi connectivity index (χ0n) is 11.5. The predicted octanol–water partition coefficient (Wildman–Crippen LogP) is 1.86. The second-order valence-electron chi connectivity index (χ2n) is 5.03. The van der Waals surface area contributed by atoms with E-state index in [2.05, 4.69) is 17.2 Å². The number of aromatic nitrogens is 2. The van der Waals surface area contributed by atoms with Crippen LogP contribution in [0.15, 0.2) is 0 Å². The molecule has 0 aliphatic carbocycles. The van der Waals surface area contributed by atoms with Crippen molar-refractivity contribution in [3.05, 3.63) is 15.9 Å². The second-order valence-corrected chi connectivity index (χ2v) is 5.03. The number of nitrogens with zero attached hydrogens (tertiary/aromatic N) is 3. The Bertz CT molecular complexity index is 466. The number of hydrogen-bond acceptors (Lipinski definition) is 5. The van der Waals surface area contributed by atoms with Crippen molar-refractivity contribution in [3.63, 3.8) is 0 Å². The van der Waals surface area contributed by atoms with Crippen LogP contribution in [0.5, 0.6) is 0 Å². The highest BCUT2D eigenvalue weighted by Crippen LogP contribution is 2.27. The van der Waals surface area contributed by atoms with Crippen molar-refractivity contribution in [1.82, 2.24) is 9.55 Å². The Kier molecular flexibility index (Phi) is 4.04. The van der Waals surface area contributed by atoms with Gasteiger partial charge in [0.15, 0.2) is 0 Å². The van der Waals surface area contributed by atoms with Crippen LogP contribution < -0.4 is 5.32 Å². The van der Waals surface area contributed by atoms with Gasteiger partial charge in [0.05, 0.1) is 0 Å². The van der Waals surface area contributed by atoms with Crippen LogP contribution >= 0.6 is 0 Å². The highest BCUT2D eigenvalue weighted by Gasteiger charge is 2.27. The lowest BCUT2D eigenvalue weighted by Gasteiger charge is -2.28. The third-order valence-electron chi connectivity index (χ3n) is 3.81. The van der Waals surface area contributed by atoms with E-state index in [0.717, 1.165) is 26.1 Å². The molecule has 1 unspecified atom stereocenters. The smallest absolute Gasteiger partial charge is 0.381 e. The molecule has 1 atom stereocenters. The first-order valence-corrected chi connectivity index (χ1v) is 6.52. The lowest BCUT2D eigenvalue weighted by atomic mass is 9.93. The van der Waals surface area contributed by atoms with E-state index in [-0.39, 0.29) is 11.9 Å². The molecule has 2 rings (SSSR count). The van der Waals surface area contributed by atoms with E-state index in [4.69, 9.17) is 4.74 Å². The molecule has 0 amide bonds. The molecule has 1 fully saturated rings. The topological polar surface area (TPSA) is 82.2 Å². The van der Waals surface area contributed by atoms with Crippen molar-refractivity contribution < 1.29 is 9.66 Å². The third kappa shape index (κ3) is 2.86. The van der Waals surface area contributed by atoms with Crippen LogP contribution in [-0.4, -0.2) is 33.7 Å². The molecule has 1 aliphatic heterocycles. The minimum Gasteiger partial charge on any atom is -0.381 e. The molecule has 0 radical (unpaired) electrons. The van der Waals surface area contributed by atoms with Crippen molar-refractivity contribution >= 4 is 11.6 Å². The number of nitrogens with one attached hydrogen (secondary N) is 1. The zero-order valence-corrected chi connectivity index (χ0v) is 11.5. The molecule has 1 aliphatic rings. The SMILES string of the molecule is Cc1nc([N+](=O)[O-])c(NC(C)C2CCOCC2)n1C. The van der Waals surface area contributed by atoms with Gasteiger partial charge in [0.1, 0.15) is 0 Å². The summed E-state index contributed by atoms with van der Waals surface area (Å²) in [5.74, 6) is 1.50. The minimum atomic E-state index is -0.438. The highest BCUT2D eigenvalue weighted by molar-refractivity contribution is 5.54. The fourth-order valence-corrected chi connectivity index (χ4v) is 2.43. The monoisotopic (exact) mass is 268 g/mol. The van der Waals surface area contributed by atoms with E-state index in [0.29, 0.717) is 17.6 Å². The van der Waals surface area contributed by atoms with E-state index >= 15 is 0 Å². The van der Waals surface area contributed by atoms with Gasteiger partial charge < -0.3 is 20.2 Å². The standard InChI is InChI=1S/C12H20N4O3/c1-8(10-4-6-19-7-5-10)13-11-12(16(17)18)14-9(2)15(11)3/h8,10,13H,4-7H2,1-3H3. The average molecular weight is 268 g/mol. The van der Waals surface area contributed by atoms with Crippen molar-refractivity contribution in [3.8, 4) is 0 Å². The molecule has 1 N–H and O–H groups in total. The third-order valence-corrected chi connectivity index (χ3v) is 3.81. The number of anilines is 1. The normalized spacial score (nSPS) is 18.3. The summed E-state index contributed by atoms with van der Waals surface area (Å²) in [4.78, 5) is 14.6. The molecule has 2 heterocycles. The lowest BCUT2D eigenvalue weighted by molar-refractivity contribution is -0.388. The Morgan fingerprint density at radius 1 is 1.53 bits per heavy atom. The summed E-state index contributed by atoms with van der Waals surface area (Å²) in [5, 5.41) is 14.3. The predicted molar refractivity (Wildman–Crippen MR) is 71.2 cm³/mol. The van der Waals surface area contributed by atoms with Crippen LogP contribution in [0.25, 0.3) is 0 Å². The largest absolute Gasteiger partial charge is 0.406 e. The summed E-state index contributed by atoms with van der Waals surface area (Å²) in [5.41, 5.74) is 0. The fourth-order valence-electron chi connectivity index (χ4n) is 2.43. The Labute approximate surface area is 112 Å². The van der Waals surface area contributed by atoms with Crippen molar-refractivity contribution in [1.29, 1.82) is 0 Å². The Morgan fingerprint density at radius 3 is 2.74 bits per heavy atom. The van der Waals surface area contributed by atoms with Crippen LogP contribution in [0, 0.1) is 23.0 Å². The van der Waals surface area contributed by atoms with E-state index in [1.165, 1.54) is 0 Å². The Morgan fingerprint density at radius 2 is 2.16 bits per heavy atom. The number of rotatable bonds is 4. The van der Waals surface area contributed by atoms with E-state index < -0.39 is 4.92 Å². The quantitative estimate of drug-likeness (QED) is 0.665. The zero-order chi connectivity index (χ0) is 14.0. The van der Waals surface area contributed by atoms with E-state index in [1.54, 1.807) is 18.5 Å². The van der Waals surface area contributed by atoms with Gasteiger partial charge in [-0.25, -0.2) is 0 Å². The minimum absolute atomic E-state index is 0.0982. The number of ether oxygens (including phenoxy) is 1. The number of hydrogen-bond donors (Lipinski definition) is 1. The maximum atomic E-state index is 11.0. The highest BCUT2D eigenvalue weighted by atomic mass is 16.6. The molecule has 7 heteroatoms. The summed E-state index contributed by atoms with van der Waals surface area (Å²) in [6.45, 7) is 5.35. The molecule has 7 nitrogen and oxygen atoms in total. The van der Waals surface area contributed by atoms with Crippen LogP contribution in [0.4, 0.5) is 11.6 Å². The van der Waals surface area contributed by atoms with Gasteiger partial charge in [-0.1, -0.05) is 0 Å². The molecule has 0 spiro atoms. The van der Waals surface area contributed by atoms with Crippen LogP contribution in [0.1, 0.15) is 25.6 Å². The first-order valence-electron chi connectivity index (χ1n) is 6.52. The van der Waals surface area contributed by atoms with Gasteiger partial charge in [0.25, 0.3) is 0 Å². The molecule has 0 aromatic carbocycles. The molecule has 0 saturated carbocycles. The van der Waals surface area contributed by atoms with Crippen LogP contribution in [-0.2, 0) is 11.8 Å². The Balaban J connectivity index is 2.15. The van der Waals surface area contributed by atoms with Gasteiger partial charge in [0, 0.05) is 33.2 Å². The van der Waals surface area contributed by atoms with E-state index in [1.807, 2.05) is 0 Å². The summed E-state index contributed by atoms with van der Waals surface area (Å²) in [7, 11) is 1.79. The van der Waals surface area contributed by atoms with Crippen molar-refractivity contribution in [2.75, 3.05) is 18.5 Å². The fraction of sp³-hybridized carbons (Fsp3) is 0.750. The summed E-state index contributed by atoms with van der Waals surface area (Å²) < 4.78 is 7.07. The molecule has 1 saturated heterocycles. The average Bonchev–Trinajstić information content (AvgIpc) is 2.68. The van der Waals surface area contributed by atoms with Crippen molar-refractivity contribution in [2.45, 2.75) is 32.7 Å². The van der Waals surface area contributed by atoms with Gasteiger partial charge in [-0.05, 0) is 35.6 Å². The first kappa shape index (κ1) is 13.8. The molecule has 0 bridgehead atoms. The van der Waals surface area contributed by atoms with Crippen LogP contribution in [0.3, 0.4) is 0 Å². The molecule has 19 heavy (non-hydrogen) atoms. The van der Waals surface area contributed by atoms with Gasteiger partial charge in [-0.15, -0.1) is 0 Å². The molecule has 1 aromatic rings. The lowest BCUT2D eigenvalue weighted by Crippen LogP contribution is -2.31. The van der Waals surface area contributed by atoms with Gasteiger partial charge in [0.2, 0.25) is 11.6 Å². The number of imidazole rings is 1. The molecule has 106 valence electrons. The molecular formula is C12H20N4O3. The first-order chi connectivity index (χ1) is 9.00. The summed E-state index contributed by atoms with van der Waals surface area (Å²) >= 11 is 0. The van der Waals surface area contributed by atoms with Crippen LogP contribution in [0.2, 0.25) is 0 Å².